The maximum atomic E-state index is 12.6. The summed E-state index contributed by atoms with van der Waals surface area (Å²) < 4.78 is 4.64. The predicted molar refractivity (Wildman–Crippen MR) is 101 cm³/mol. The van der Waals surface area contributed by atoms with Crippen molar-refractivity contribution in [1.82, 2.24) is 4.90 Å². The van der Waals surface area contributed by atoms with Crippen LogP contribution in [0.1, 0.15) is 17.5 Å². The van der Waals surface area contributed by atoms with Crippen molar-refractivity contribution in [3.63, 3.8) is 0 Å². The van der Waals surface area contributed by atoms with E-state index in [-0.39, 0.29) is 30.5 Å². The molecular formula is C20H20N2O5. The molecule has 2 aromatic carbocycles. The fraction of sp³-hybridized carbons (Fsp3) is 0.200. The lowest BCUT2D eigenvalue weighted by Crippen LogP contribution is -2.31. The number of benzene rings is 2. The molecule has 0 unspecified atom stereocenters. The van der Waals surface area contributed by atoms with Crippen molar-refractivity contribution in [2.45, 2.75) is 13.0 Å². The fourth-order valence-electron chi connectivity index (χ4n) is 2.38. The standard InChI is InChI=1S/C20H20N2O5/c1-27-20(24)13-14-21(15-17-5-3-2-4-6-17)19(23)12-9-16-7-10-18(11-8-16)22(25)26/h2-12H,13-15H2,1H3/b12-9+. The van der Waals surface area contributed by atoms with Crippen LogP contribution in [0.2, 0.25) is 0 Å². The average Bonchev–Trinajstić information content (AvgIpc) is 2.70. The molecule has 1 amide bonds. The molecule has 0 aliphatic rings. The van der Waals surface area contributed by atoms with Crippen molar-refractivity contribution in [1.29, 1.82) is 0 Å². The Labute approximate surface area is 157 Å². The zero-order valence-corrected chi connectivity index (χ0v) is 14.9. The van der Waals surface area contributed by atoms with E-state index >= 15 is 0 Å². The number of esters is 1. The number of carbonyl (C=O) groups is 2. The number of carbonyl (C=O) groups excluding carboxylic acids is 2. The Hall–Kier alpha value is -3.48. The lowest BCUT2D eigenvalue weighted by molar-refractivity contribution is -0.384. The normalized spacial score (nSPS) is 10.6. The first-order valence-corrected chi connectivity index (χ1v) is 8.32. The molecule has 0 radical (unpaired) electrons. The highest BCUT2D eigenvalue weighted by Crippen LogP contribution is 2.13. The molecule has 0 aliphatic carbocycles. The first-order chi connectivity index (χ1) is 13.0. The highest BCUT2D eigenvalue weighted by molar-refractivity contribution is 5.92. The molecule has 0 aliphatic heterocycles. The number of non-ortho nitro benzene ring substituents is 1. The van der Waals surface area contributed by atoms with Crippen molar-refractivity contribution in [3.8, 4) is 0 Å². The SMILES string of the molecule is COC(=O)CCN(Cc1ccccc1)C(=O)/C=C/c1ccc([N+](=O)[O-])cc1. The van der Waals surface area contributed by atoms with Crippen LogP contribution in [-0.2, 0) is 20.9 Å². The molecule has 2 aromatic rings. The number of nitro groups is 1. The molecule has 2 rings (SSSR count). The quantitative estimate of drug-likeness (QED) is 0.309. The Morgan fingerprint density at radius 1 is 1.11 bits per heavy atom. The average molecular weight is 368 g/mol. The molecule has 0 spiro atoms. The van der Waals surface area contributed by atoms with E-state index in [0.717, 1.165) is 5.56 Å². The van der Waals surface area contributed by atoms with Gasteiger partial charge < -0.3 is 9.64 Å². The second-order valence-electron chi connectivity index (χ2n) is 5.75. The highest BCUT2D eigenvalue weighted by Gasteiger charge is 2.14. The first kappa shape index (κ1) is 19.8. The minimum atomic E-state index is -0.479. The molecule has 0 fully saturated rings. The Morgan fingerprint density at radius 3 is 2.37 bits per heavy atom. The summed E-state index contributed by atoms with van der Waals surface area (Å²) in [4.78, 5) is 35.8. The lowest BCUT2D eigenvalue weighted by Gasteiger charge is -2.21. The van der Waals surface area contributed by atoms with Gasteiger partial charge in [0, 0.05) is 31.3 Å². The van der Waals surface area contributed by atoms with E-state index in [9.17, 15) is 19.7 Å². The molecule has 140 valence electrons. The third kappa shape index (κ3) is 6.39. The van der Waals surface area contributed by atoms with Gasteiger partial charge in [0.25, 0.3) is 5.69 Å². The molecule has 0 saturated carbocycles. The number of nitrogens with zero attached hydrogens (tertiary/aromatic N) is 2. The minimum Gasteiger partial charge on any atom is -0.469 e. The molecule has 27 heavy (non-hydrogen) atoms. The summed E-state index contributed by atoms with van der Waals surface area (Å²) in [6.45, 7) is 0.590. The summed E-state index contributed by atoms with van der Waals surface area (Å²) in [5.41, 5.74) is 1.60. The summed E-state index contributed by atoms with van der Waals surface area (Å²) >= 11 is 0. The third-order valence-electron chi connectivity index (χ3n) is 3.86. The van der Waals surface area contributed by atoms with Crippen LogP contribution in [0.3, 0.4) is 0 Å². The third-order valence-corrected chi connectivity index (χ3v) is 3.86. The van der Waals surface area contributed by atoms with E-state index in [1.54, 1.807) is 23.1 Å². The van der Waals surface area contributed by atoms with Gasteiger partial charge in [-0.2, -0.15) is 0 Å². The van der Waals surface area contributed by atoms with Gasteiger partial charge in [-0.1, -0.05) is 30.3 Å². The van der Waals surface area contributed by atoms with Crippen molar-refractivity contribution in [2.24, 2.45) is 0 Å². The first-order valence-electron chi connectivity index (χ1n) is 8.32. The Kier molecular flexibility index (Phi) is 7.25. The van der Waals surface area contributed by atoms with Crippen LogP contribution < -0.4 is 0 Å². The van der Waals surface area contributed by atoms with E-state index in [0.29, 0.717) is 12.1 Å². The number of amides is 1. The van der Waals surface area contributed by atoms with Gasteiger partial charge in [-0.3, -0.25) is 19.7 Å². The van der Waals surface area contributed by atoms with Crippen LogP contribution in [0.25, 0.3) is 6.08 Å². The fourth-order valence-corrected chi connectivity index (χ4v) is 2.38. The Bertz CT molecular complexity index is 816. The number of hydrogen-bond acceptors (Lipinski definition) is 5. The Balaban J connectivity index is 2.09. The lowest BCUT2D eigenvalue weighted by atomic mass is 10.1. The van der Waals surface area contributed by atoms with Gasteiger partial charge in [0.15, 0.2) is 0 Å². The summed E-state index contributed by atoms with van der Waals surface area (Å²) in [6, 6.07) is 15.3. The van der Waals surface area contributed by atoms with E-state index < -0.39 is 4.92 Å². The van der Waals surface area contributed by atoms with Crippen molar-refractivity contribution >= 4 is 23.6 Å². The van der Waals surface area contributed by atoms with Gasteiger partial charge in [-0.15, -0.1) is 0 Å². The Morgan fingerprint density at radius 2 is 1.78 bits per heavy atom. The zero-order valence-electron chi connectivity index (χ0n) is 14.9. The van der Waals surface area contributed by atoms with Gasteiger partial charge in [0.2, 0.25) is 5.91 Å². The molecule has 7 nitrogen and oxygen atoms in total. The molecule has 0 bridgehead atoms. The van der Waals surface area contributed by atoms with Gasteiger partial charge in [0.05, 0.1) is 18.5 Å². The summed E-state index contributed by atoms with van der Waals surface area (Å²) in [5, 5.41) is 10.7. The maximum absolute atomic E-state index is 12.6. The van der Waals surface area contributed by atoms with Gasteiger partial charge in [-0.25, -0.2) is 0 Å². The van der Waals surface area contributed by atoms with Crippen LogP contribution in [-0.4, -0.2) is 35.4 Å². The number of rotatable bonds is 8. The second-order valence-corrected chi connectivity index (χ2v) is 5.75. The van der Waals surface area contributed by atoms with Crippen LogP contribution in [0.15, 0.2) is 60.7 Å². The van der Waals surface area contributed by atoms with Gasteiger partial charge in [0.1, 0.15) is 0 Å². The minimum absolute atomic E-state index is 0.0118. The van der Waals surface area contributed by atoms with Crippen molar-refractivity contribution < 1.29 is 19.2 Å². The maximum Gasteiger partial charge on any atom is 0.307 e. The summed E-state index contributed by atoms with van der Waals surface area (Å²) in [7, 11) is 1.31. The number of ether oxygens (including phenoxy) is 1. The predicted octanol–water partition coefficient (Wildman–Crippen LogP) is 3.20. The van der Waals surface area contributed by atoms with Crippen molar-refractivity contribution in [3.05, 3.63) is 81.9 Å². The molecule has 0 atom stereocenters. The smallest absolute Gasteiger partial charge is 0.307 e. The molecule has 0 aromatic heterocycles. The van der Waals surface area contributed by atoms with Gasteiger partial charge in [-0.05, 0) is 29.3 Å². The largest absolute Gasteiger partial charge is 0.469 e. The van der Waals surface area contributed by atoms with E-state index in [4.69, 9.17) is 0 Å². The summed E-state index contributed by atoms with van der Waals surface area (Å²) in [5.74, 6) is -0.652. The number of nitro benzene ring substituents is 1. The number of hydrogen-bond donors (Lipinski definition) is 0. The zero-order chi connectivity index (χ0) is 19.6. The van der Waals surface area contributed by atoms with Crippen LogP contribution in [0.4, 0.5) is 5.69 Å². The number of methoxy groups -OCH3 is 1. The van der Waals surface area contributed by atoms with E-state index in [1.807, 2.05) is 30.3 Å². The van der Waals surface area contributed by atoms with Gasteiger partial charge >= 0.3 is 5.97 Å². The summed E-state index contributed by atoms with van der Waals surface area (Å²) in [6.07, 6.45) is 3.07. The van der Waals surface area contributed by atoms with Crippen molar-refractivity contribution in [2.75, 3.05) is 13.7 Å². The van der Waals surface area contributed by atoms with Crippen LogP contribution >= 0.6 is 0 Å². The second kappa shape index (κ2) is 9.86. The van der Waals surface area contributed by atoms with Crippen LogP contribution in [0, 0.1) is 10.1 Å². The molecular weight excluding hydrogens is 348 g/mol. The molecule has 0 saturated heterocycles. The monoisotopic (exact) mass is 368 g/mol. The van der Waals surface area contributed by atoms with E-state index in [1.165, 1.54) is 25.3 Å². The van der Waals surface area contributed by atoms with E-state index in [2.05, 4.69) is 4.74 Å². The highest BCUT2D eigenvalue weighted by atomic mass is 16.6. The molecule has 7 heteroatoms. The van der Waals surface area contributed by atoms with Crippen LogP contribution in [0.5, 0.6) is 0 Å². The molecule has 0 heterocycles. The topological polar surface area (TPSA) is 89.8 Å². The molecule has 0 N–H and O–H groups in total.